The van der Waals surface area contributed by atoms with Crippen LogP contribution in [0.3, 0.4) is 0 Å². The average Bonchev–Trinajstić information content (AvgIpc) is 2.65. The Kier molecular flexibility index (Phi) is 5.30. The summed E-state index contributed by atoms with van der Waals surface area (Å²) < 4.78 is 27.6. The van der Waals surface area contributed by atoms with E-state index in [0.717, 1.165) is 25.7 Å². The zero-order valence-corrected chi connectivity index (χ0v) is 13.9. The molecule has 6 heteroatoms. The molecule has 1 fully saturated rings. The molecule has 21 heavy (non-hydrogen) atoms. The Hall–Kier alpha value is -0.620. The number of rotatable bonds is 4. The van der Waals surface area contributed by atoms with Gasteiger partial charge in [0.15, 0.2) is 0 Å². The van der Waals surface area contributed by atoms with Gasteiger partial charge in [-0.05, 0) is 37.5 Å². The largest absolute Gasteiger partial charge is 0.324 e. The molecule has 0 spiro atoms. The highest BCUT2D eigenvalue weighted by molar-refractivity contribution is 7.89. The number of aryl methyl sites for hydroxylation is 1. The van der Waals surface area contributed by atoms with E-state index in [1.165, 1.54) is 18.9 Å². The van der Waals surface area contributed by atoms with Crippen LogP contribution >= 0.6 is 11.6 Å². The van der Waals surface area contributed by atoms with Crippen molar-refractivity contribution in [3.8, 4) is 0 Å². The number of nitrogens with two attached hydrogens (primary N) is 1. The summed E-state index contributed by atoms with van der Waals surface area (Å²) in [4.78, 5) is 0.229. The highest BCUT2D eigenvalue weighted by atomic mass is 35.5. The maximum atomic E-state index is 12.5. The van der Waals surface area contributed by atoms with Crippen molar-refractivity contribution < 1.29 is 8.42 Å². The van der Waals surface area contributed by atoms with Crippen LogP contribution in [0.5, 0.6) is 0 Å². The molecule has 0 heterocycles. The second kappa shape index (κ2) is 6.65. The first kappa shape index (κ1) is 16.7. The van der Waals surface area contributed by atoms with Gasteiger partial charge in [0.2, 0.25) is 10.0 Å². The van der Waals surface area contributed by atoms with E-state index >= 15 is 0 Å². The van der Waals surface area contributed by atoms with Gasteiger partial charge >= 0.3 is 0 Å². The first-order chi connectivity index (χ1) is 9.82. The fraction of sp³-hybridized carbons (Fsp3) is 0.600. The van der Waals surface area contributed by atoms with Crippen LogP contribution in [0.2, 0.25) is 5.02 Å². The molecule has 0 amide bonds. The highest BCUT2D eigenvalue weighted by Gasteiger charge is 2.28. The van der Waals surface area contributed by atoms with Gasteiger partial charge < -0.3 is 5.73 Å². The minimum absolute atomic E-state index is 0.229. The Balaban J connectivity index is 2.12. The molecule has 0 unspecified atom stereocenters. The van der Waals surface area contributed by atoms with Crippen molar-refractivity contribution in [2.45, 2.75) is 55.9 Å². The summed E-state index contributed by atoms with van der Waals surface area (Å²) in [5.74, 6) is 0. The van der Waals surface area contributed by atoms with Gasteiger partial charge in [-0.25, -0.2) is 13.1 Å². The maximum Gasteiger partial charge on any atom is 0.240 e. The molecule has 118 valence electrons. The van der Waals surface area contributed by atoms with Crippen LogP contribution in [0.15, 0.2) is 23.1 Å². The molecule has 1 saturated carbocycles. The third kappa shape index (κ3) is 4.42. The van der Waals surface area contributed by atoms with Crippen molar-refractivity contribution in [1.29, 1.82) is 0 Å². The second-order valence-corrected chi connectivity index (χ2v) is 8.18. The Morgan fingerprint density at radius 1 is 1.24 bits per heavy atom. The SMILES string of the molecule is Cc1ccc(Cl)cc1S(=O)(=O)NCC1(N)CCCCCC1. The van der Waals surface area contributed by atoms with Gasteiger partial charge in [0.1, 0.15) is 0 Å². The summed E-state index contributed by atoms with van der Waals surface area (Å²) in [7, 11) is -3.58. The zero-order chi connectivity index (χ0) is 15.5. The number of nitrogens with one attached hydrogen (secondary N) is 1. The molecule has 4 nitrogen and oxygen atoms in total. The zero-order valence-electron chi connectivity index (χ0n) is 12.4. The molecule has 2 rings (SSSR count). The molecule has 0 aliphatic heterocycles. The minimum atomic E-state index is -3.58. The molecule has 0 radical (unpaired) electrons. The van der Waals surface area contributed by atoms with Crippen molar-refractivity contribution >= 4 is 21.6 Å². The van der Waals surface area contributed by atoms with Gasteiger partial charge in [-0.2, -0.15) is 0 Å². The Morgan fingerprint density at radius 2 is 1.86 bits per heavy atom. The standard InChI is InChI=1S/C15H23ClN2O2S/c1-12-6-7-13(16)10-14(12)21(19,20)18-11-15(17)8-4-2-3-5-9-15/h6-7,10,18H,2-5,8-9,11,17H2,1H3. The fourth-order valence-electron chi connectivity index (χ4n) is 2.79. The van der Waals surface area contributed by atoms with Crippen LogP contribution in [-0.4, -0.2) is 20.5 Å². The Bertz CT molecular complexity index is 594. The van der Waals surface area contributed by atoms with E-state index in [9.17, 15) is 8.42 Å². The van der Waals surface area contributed by atoms with Crippen molar-refractivity contribution in [3.63, 3.8) is 0 Å². The molecule has 1 aliphatic rings. The van der Waals surface area contributed by atoms with Crippen molar-refractivity contribution in [2.75, 3.05) is 6.54 Å². The number of benzene rings is 1. The molecular weight excluding hydrogens is 308 g/mol. The van der Waals surface area contributed by atoms with E-state index in [-0.39, 0.29) is 11.4 Å². The number of hydrogen-bond acceptors (Lipinski definition) is 3. The predicted octanol–water partition coefficient (Wildman–Crippen LogP) is 2.98. The lowest BCUT2D eigenvalue weighted by Crippen LogP contribution is -2.49. The highest BCUT2D eigenvalue weighted by Crippen LogP contribution is 2.25. The van der Waals surface area contributed by atoms with Crippen LogP contribution in [0.25, 0.3) is 0 Å². The quantitative estimate of drug-likeness (QED) is 0.834. The Labute approximate surface area is 132 Å². The first-order valence-corrected chi connectivity index (χ1v) is 9.23. The van der Waals surface area contributed by atoms with Gasteiger partial charge in [-0.1, -0.05) is 43.4 Å². The van der Waals surface area contributed by atoms with E-state index in [4.69, 9.17) is 17.3 Å². The summed E-state index contributed by atoms with van der Waals surface area (Å²) in [5.41, 5.74) is 6.60. The van der Waals surface area contributed by atoms with Crippen LogP contribution in [0.4, 0.5) is 0 Å². The van der Waals surface area contributed by atoms with Gasteiger partial charge in [-0.15, -0.1) is 0 Å². The third-order valence-electron chi connectivity index (χ3n) is 4.15. The summed E-state index contributed by atoms with van der Waals surface area (Å²) in [6, 6.07) is 4.88. The Morgan fingerprint density at radius 3 is 2.48 bits per heavy atom. The molecule has 1 aromatic rings. The summed E-state index contributed by atoms with van der Waals surface area (Å²) in [5, 5.41) is 0.415. The van der Waals surface area contributed by atoms with Crippen LogP contribution in [0.1, 0.15) is 44.1 Å². The van der Waals surface area contributed by atoms with E-state index in [1.54, 1.807) is 19.1 Å². The van der Waals surface area contributed by atoms with Gasteiger partial charge in [0.05, 0.1) is 4.90 Å². The van der Waals surface area contributed by atoms with Gasteiger partial charge in [0, 0.05) is 17.1 Å². The molecule has 1 aromatic carbocycles. The predicted molar refractivity (Wildman–Crippen MR) is 86.0 cm³/mol. The fourth-order valence-corrected chi connectivity index (χ4v) is 4.43. The molecule has 0 bridgehead atoms. The smallest absolute Gasteiger partial charge is 0.240 e. The molecule has 1 aliphatic carbocycles. The lowest BCUT2D eigenvalue weighted by Gasteiger charge is -2.28. The van der Waals surface area contributed by atoms with Crippen molar-refractivity contribution in [3.05, 3.63) is 28.8 Å². The second-order valence-electron chi connectivity index (χ2n) is 6.01. The van der Waals surface area contributed by atoms with Gasteiger partial charge in [-0.3, -0.25) is 0 Å². The van der Waals surface area contributed by atoms with Gasteiger partial charge in [0.25, 0.3) is 0 Å². The van der Waals surface area contributed by atoms with E-state index in [0.29, 0.717) is 10.6 Å². The van der Waals surface area contributed by atoms with Crippen molar-refractivity contribution in [2.24, 2.45) is 5.73 Å². The monoisotopic (exact) mass is 330 g/mol. The van der Waals surface area contributed by atoms with Crippen LogP contribution in [-0.2, 0) is 10.0 Å². The first-order valence-electron chi connectivity index (χ1n) is 7.37. The lowest BCUT2D eigenvalue weighted by molar-refractivity contribution is 0.369. The van der Waals surface area contributed by atoms with Crippen LogP contribution in [0, 0.1) is 6.92 Å². The lowest BCUT2D eigenvalue weighted by atomic mass is 9.92. The molecular formula is C15H23ClN2O2S. The number of sulfonamides is 1. The van der Waals surface area contributed by atoms with E-state index in [1.807, 2.05) is 0 Å². The molecule has 0 aromatic heterocycles. The van der Waals surface area contributed by atoms with Crippen molar-refractivity contribution in [1.82, 2.24) is 4.72 Å². The van der Waals surface area contributed by atoms with Crippen LogP contribution < -0.4 is 10.5 Å². The summed E-state index contributed by atoms with van der Waals surface area (Å²) in [6.45, 7) is 2.04. The third-order valence-corrected chi connectivity index (χ3v) is 5.93. The summed E-state index contributed by atoms with van der Waals surface area (Å²) >= 11 is 5.90. The maximum absolute atomic E-state index is 12.5. The number of hydrogen-bond donors (Lipinski definition) is 2. The minimum Gasteiger partial charge on any atom is -0.324 e. The molecule has 0 atom stereocenters. The molecule has 3 N–H and O–H groups in total. The summed E-state index contributed by atoms with van der Waals surface area (Å²) in [6.07, 6.45) is 6.22. The van der Waals surface area contributed by atoms with E-state index in [2.05, 4.69) is 4.72 Å². The number of halogens is 1. The topological polar surface area (TPSA) is 72.2 Å². The molecule has 0 saturated heterocycles. The van der Waals surface area contributed by atoms with E-state index < -0.39 is 15.6 Å². The average molecular weight is 331 g/mol. The normalized spacial score (nSPS) is 19.2.